The van der Waals surface area contributed by atoms with Gasteiger partial charge < -0.3 is 11.1 Å². The van der Waals surface area contributed by atoms with Gasteiger partial charge in [-0.25, -0.2) is 4.98 Å². The van der Waals surface area contributed by atoms with Crippen molar-refractivity contribution < 1.29 is 9.59 Å². The maximum atomic E-state index is 12.3. The molecule has 0 fully saturated rings. The molecule has 2 amide bonds. The summed E-state index contributed by atoms with van der Waals surface area (Å²) in [6.07, 6.45) is 0. The van der Waals surface area contributed by atoms with Gasteiger partial charge in [0.2, 0.25) is 5.91 Å². The van der Waals surface area contributed by atoms with Crippen LogP contribution in [0.4, 0.5) is 0 Å². The van der Waals surface area contributed by atoms with Gasteiger partial charge in [0.15, 0.2) is 0 Å². The maximum absolute atomic E-state index is 12.3. The van der Waals surface area contributed by atoms with Gasteiger partial charge in [-0.1, -0.05) is 30.3 Å². The van der Waals surface area contributed by atoms with Crippen LogP contribution in [0.15, 0.2) is 52.5 Å². The van der Waals surface area contributed by atoms with Gasteiger partial charge in [-0.15, -0.1) is 11.3 Å². The highest BCUT2D eigenvalue weighted by Crippen LogP contribution is 2.26. The predicted octanol–water partition coefficient (Wildman–Crippen LogP) is 2.83. The van der Waals surface area contributed by atoms with Crippen LogP contribution >= 0.6 is 22.7 Å². The molecular weight excluding hydrogens is 330 g/mol. The average molecular weight is 343 g/mol. The third-order valence-electron chi connectivity index (χ3n) is 3.20. The molecule has 0 spiro atoms. The van der Waals surface area contributed by atoms with E-state index in [2.05, 4.69) is 10.3 Å². The van der Waals surface area contributed by atoms with Crippen LogP contribution in [0, 0.1) is 0 Å². The summed E-state index contributed by atoms with van der Waals surface area (Å²) >= 11 is 2.95. The predicted molar refractivity (Wildman–Crippen MR) is 91.3 cm³/mol. The number of hydrogen-bond donors (Lipinski definition) is 2. The van der Waals surface area contributed by atoms with E-state index >= 15 is 0 Å². The van der Waals surface area contributed by atoms with E-state index in [1.807, 2.05) is 22.9 Å². The second-order valence-electron chi connectivity index (χ2n) is 4.77. The number of nitrogens with two attached hydrogens (primary N) is 1. The molecule has 0 radical (unpaired) electrons. The zero-order chi connectivity index (χ0) is 16.2. The fourth-order valence-corrected chi connectivity index (χ4v) is 3.58. The number of carbonyl (C=O) groups excluding carboxylic acids is 2. The minimum Gasteiger partial charge on any atom is -0.368 e. The first kappa shape index (κ1) is 15.4. The number of aromatic nitrogens is 1. The highest BCUT2D eigenvalue weighted by Gasteiger charge is 2.22. The standard InChI is InChI=1S/C16H13N3O2S2/c17-14(20)13(10-4-2-1-3-5-10)19-15(21)12-9-23-16(18-12)11-6-7-22-8-11/h1-9,13H,(H2,17,20)(H,19,21)/t13-/m1/s1. The van der Waals surface area contributed by atoms with Crippen LogP contribution in [0.5, 0.6) is 0 Å². The first-order chi connectivity index (χ1) is 11.1. The monoisotopic (exact) mass is 343 g/mol. The maximum Gasteiger partial charge on any atom is 0.271 e. The molecule has 1 atom stereocenters. The van der Waals surface area contributed by atoms with E-state index in [-0.39, 0.29) is 5.69 Å². The van der Waals surface area contributed by atoms with Gasteiger partial charge in [-0.3, -0.25) is 9.59 Å². The number of carbonyl (C=O) groups is 2. The van der Waals surface area contributed by atoms with E-state index in [0.29, 0.717) is 5.56 Å². The summed E-state index contributed by atoms with van der Waals surface area (Å²) in [4.78, 5) is 28.3. The van der Waals surface area contributed by atoms with Gasteiger partial charge in [-0.05, 0) is 17.0 Å². The summed E-state index contributed by atoms with van der Waals surface area (Å²) in [6, 6.07) is 9.96. The molecule has 7 heteroatoms. The van der Waals surface area contributed by atoms with Crippen LogP contribution in [0.2, 0.25) is 0 Å². The van der Waals surface area contributed by atoms with Crippen molar-refractivity contribution in [3.63, 3.8) is 0 Å². The number of thiazole rings is 1. The molecule has 23 heavy (non-hydrogen) atoms. The SMILES string of the molecule is NC(=O)[C@H](NC(=O)c1csc(-c2ccsc2)n1)c1ccccc1. The van der Waals surface area contributed by atoms with Crippen molar-refractivity contribution in [2.45, 2.75) is 6.04 Å². The molecule has 0 aliphatic rings. The molecule has 0 aliphatic heterocycles. The Bertz CT molecular complexity index is 813. The number of primary amides is 1. The van der Waals surface area contributed by atoms with E-state index in [4.69, 9.17) is 5.73 Å². The van der Waals surface area contributed by atoms with Crippen molar-refractivity contribution in [2.75, 3.05) is 0 Å². The highest BCUT2D eigenvalue weighted by atomic mass is 32.1. The van der Waals surface area contributed by atoms with Crippen molar-refractivity contribution in [2.24, 2.45) is 5.73 Å². The largest absolute Gasteiger partial charge is 0.368 e. The van der Waals surface area contributed by atoms with Crippen molar-refractivity contribution in [3.05, 3.63) is 63.8 Å². The van der Waals surface area contributed by atoms with Crippen LogP contribution in [0.3, 0.4) is 0 Å². The smallest absolute Gasteiger partial charge is 0.271 e. The first-order valence-electron chi connectivity index (χ1n) is 6.78. The normalized spacial score (nSPS) is 11.8. The Balaban J connectivity index is 1.79. The summed E-state index contributed by atoms with van der Waals surface area (Å²) in [5, 5.41) is 9.01. The lowest BCUT2D eigenvalue weighted by Gasteiger charge is -2.14. The summed E-state index contributed by atoms with van der Waals surface area (Å²) in [6.45, 7) is 0. The van der Waals surface area contributed by atoms with Crippen molar-refractivity contribution in [1.29, 1.82) is 0 Å². The van der Waals surface area contributed by atoms with Crippen molar-refractivity contribution >= 4 is 34.5 Å². The molecular formula is C16H13N3O2S2. The topological polar surface area (TPSA) is 85.1 Å². The molecule has 3 N–H and O–H groups in total. The van der Waals surface area contributed by atoms with Gasteiger partial charge in [-0.2, -0.15) is 11.3 Å². The van der Waals surface area contributed by atoms with Gasteiger partial charge in [0.05, 0.1) is 0 Å². The van der Waals surface area contributed by atoms with E-state index in [0.717, 1.165) is 10.6 Å². The lowest BCUT2D eigenvalue weighted by atomic mass is 10.1. The van der Waals surface area contributed by atoms with E-state index in [1.165, 1.54) is 11.3 Å². The first-order valence-corrected chi connectivity index (χ1v) is 8.60. The number of nitrogens with one attached hydrogen (secondary N) is 1. The molecule has 5 nitrogen and oxygen atoms in total. The van der Waals surface area contributed by atoms with Gasteiger partial charge >= 0.3 is 0 Å². The summed E-state index contributed by atoms with van der Waals surface area (Å²) < 4.78 is 0. The number of amides is 2. The van der Waals surface area contributed by atoms with Crippen LogP contribution in [0.25, 0.3) is 10.6 Å². The summed E-state index contributed by atoms with van der Waals surface area (Å²) in [7, 11) is 0. The van der Waals surface area contributed by atoms with Gasteiger partial charge in [0.25, 0.3) is 5.91 Å². The Morgan fingerprint density at radius 2 is 1.91 bits per heavy atom. The fraction of sp³-hybridized carbons (Fsp3) is 0.0625. The Morgan fingerprint density at radius 1 is 1.13 bits per heavy atom. The number of nitrogens with zero attached hydrogens (tertiary/aromatic N) is 1. The molecule has 0 saturated carbocycles. The molecule has 116 valence electrons. The number of thiophene rings is 1. The minimum atomic E-state index is -0.880. The third kappa shape index (κ3) is 3.46. The van der Waals surface area contributed by atoms with E-state index < -0.39 is 17.9 Å². The van der Waals surface area contributed by atoms with Crippen molar-refractivity contribution in [3.8, 4) is 10.6 Å². The lowest BCUT2D eigenvalue weighted by molar-refractivity contribution is -0.120. The van der Waals surface area contributed by atoms with Gasteiger partial charge in [0.1, 0.15) is 16.7 Å². The zero-order valence-electron chi connectivity index (χ0n) is 11.9. The lowest BCUT2D eigenvalue weighted by Crippen LogP contribution is -2.37. The fourth-order valence-electron chi connectivity index (χ4n) is 2.07. The van der Waals surface area contributed by atoms with Crippen LogP contribution in [-0.2, 0) is 4.79 Å². The number of rotatable bonds is 5. The molecule has 0 saturated heterocycles. The van der Waals surface area contributed by atoms with Crippen LogP contribution < -0.4 is 11.1 Å². The third-order valence-corrected chi connectivity index (χ3v) is 4.77. The number of hydrogen-bond acceptors (Lipinski definition) is 5. The molecule has 2 heterocycles. The Morgan fingerprint density at radius 3 is 2.57 bits per heavy atom. The zero-order valence-corrected chi connectivity index (χ0v) is 13.6. The molecule has 1 aromatic carbocycles. The molecule has 3 aromatic rings. The second-order valence-corrected chi connectivity index (χ2v) is 6.41. The number of benzene rings is 1. The van der Waals surface area contributed by atoms with Crippen molar-refractivity contribution in [1.82, 2.24) is 10.3 Å². The molecule has 0 aliphatic carbocycles. The Labute approximate surface area is 140 Å². The Hall–Kier alpha value is -2.51. The molecule has 3 rings (SSSR count). The quantitative estimate of drug-likeness (QED) is 0.747. The molecule has 2 aromatic heterocycles. The van der Waals surface area contributed by atoms with Crippen LogP contribution in [0.1, 0.15) is 22.1 Å². The highest BCUT2D eigenvalue weighted by molar-refractivity contribution is 7.14. The van der Waals surface area contributed by atoms with E-state index in [9.17, 15) is 9.59 Å². The molecule has 0 bridgehead atoms. The average Bonchev–Trinajstić information content (AvgIpc) is 3.23. The van der Waals surface area contributed by atoms with Crippen LogP contribution in [-0.4, -0.2) is 16.8 Å². The summed E-state index contributed by atoms with van der Waals surface area (Å²) in [5.41, 5.74) is 7.30. The summed E-state index contributed by atoms with van der Waals surface area (Å²) in [5.74, 6) is -1.03. The molecule has 0 unspecified atom stereocenters. The second kappa shape index (κ2) is 6.72. The van der Waals surface area contributed by atoms with E-state index in [1.54, 1.807) is 41.0 Å². The Kier molecular flexibility index (Phi) is 4.50. The minimum absolute atomic E-state index is 0.276. The van der Waals surface area contributed by atoms with Gasteiger partial charge in [0, 0.05) is 16.3 Å².